The number of ether oxygens (including phenoxy) is 1. The highest BCUT2D eigenvalue weighted by Gasteiger charge is 2.24. The van der Waals surface area contributed by atoms with Gasteiger partial charge in [-0.3, -0.25) is 4.79 Å². The molecule has 0 spiro atoms. The number of rotatable bonds is 5. The Bertz CT molecular complexity index is 787. The molecule has 2 N–H and O–H groups in total. The molecule has 0 saturated heterocycles. The summed E-state index contributed by atoms with van der Waals surface area (Å²) in [5.74, 6) is -0.319. The Morgan fingerprint density at radius 2 is 2.00 bits per heavy atom. The average Bonchev–Trinajstić information content (AvgIpc) is 3.37. The molecule has 0 aliphatic heterocycles. The molecule has 0 atom stereocenters. The maximum Gasteiger partial charge on any atom is 0.337 e. The van der Waals surface area contributed by atoms with E-state index < -0.39 is 5.97 Å². The first-order valence-electron chi connectivity index (χ1n) is 7.67. The van der Waals surface area contributed by atoms with Crippen LogP contribution >= 0.6 is 0 Å². The molecule has 1 aromatic heterocycles. The summed E-state index contributed by atoms with van der Waals surface area (Å²) >= 11 is 0. The zero-order valence-electron chi connectivity index (χ0n) is 13.5. The van der Waals surface area contributed by atoms with Gasteiger partial charge in [-0.15, -0.1) is 0 Å². The molecule has 1 aliphatic rings. The van der Waals surface area contributed by atoms with E-state index in [1.165, 1.54) is 7.11 Å². The highest BCUT2D eigenvalue weighted by atomic mass is 16.5. The zero-order chi connectivity index (χ0) is 17.1. The topological polar surface area (TPSA) is 93.2 Å². The highest BCUT2D eigenvalue weighted by Crippen LogP contribution is 2.20. The summed E-state index contributed by atoms with van der Waals surface area (Å²) in [7, 11) is 1.33. The van der Waals surface area contributed by atoms with E-state index in [4.69, 9.17) is 4.74 Å². The lowest BCUT2D eigenvalue weighted by atomic mass is 10.2. The van der Waals surface area contributed by atoms with E-state index in [0.29, 0.717) is 28.6 Å². The molecule has 1 aliphatic carbocycles. The van der Waals surface area contributed by atoms with Gasteiger partial charge in [0.1, 0.15) is 5.69 Å². The second-order valence-corrected chi connectivity index (χ2v) is 5.66. The van der Waals surface area contributed by atoms with Crippen molar-refractivity contribution in [3.63, 3.8) is 0 Å². The fraction of sp³-hybridized carbons (Fsp3) is 0.294. The standard InChI is InChI=1S/C17H18N4O3/c1-10-8-14(15(22)19-12-6-7-12)21-17(18-10)20-13-5-3-4-11(9-13)16(23)24-2/h3-5,8-9,12H,6-7H2,1-2H3,(H,19,22)(H,18,20,21). The maximum absolute atomic E-state index is 12.1. The van der Waals surface area contributed by atoms with Gasteiger partial charge in [0, 0.05) is 17.4 Å². The van der Waals surface area contributed by atoms with Crippen LogP contribution in [0.4, 0.5) is 11.6 Å². The number of nitrogens with one attached hydrogen (secondary N) is 2. The van der Waals surface area contributed by atoms with Crippen molar-refractivity contribution in [3.8, 4) is 0 Å². The normalized spacial score (nSPS) is 13.2. The van der Waals surface area contributed by atoms with Gasteiger partial charge in [0.2, 0.25) is 5.95 Å². The number of amides is 1. The number of methoxy groups -OCH3 is 1. The molecule has 24 heavy (non-hydrogen) atoms. The van der Waals surface area contributed by atoms with Crippen LogP contribution in [0.5, 0.6) is 0 Å². The summed E-state index contributed by atoms with van der Waals surface area (Å²) in [6.07, 6.45) is 2.03. The van der Waals surface area contributed by atoms with Crippen molar-refractivity contribution in [2.24, 2.45) is 0 Å². The summed E-state index contributed by atoms with van der Waals surface area (Å²) in [6.45, 7) is 1.80. The third-order valence-corrected chi connectivity index (χ3v) is 3.54. The molecular formula is C17H18N4O3. The molecule has 7 heteroatoms. The van der Waals surface area contributed by atoms with E-state index in [1.54, 1.807) is 37.3 Å². The predicted molar refractivity (Wildman–Crippen MR) is 88.3 cm³/mol. The van der Waals surface area contributed by atoms with Gasteiger partial charge in [0.25, 0.3) is 5.91 Å². The molecule has 2 aromatic rings. The molecule has 1 amide bonds. The van der Waals surface area contributed by atoms with Gasteiger partial charge in [-0.05, 0) is 44.0 Å². The van der Waals surface area contributed by atoms with Gasteiger partial charge in [0.15, 0.2) is 0 Å². The summed E-state index contributed by atoms with van der Waals surface area (Å²) < 4.78 is 4.70. The van der Waals surface area contributed by atoms with E-state index in [-0.39, 0.29) is 11.9 Å². The van der Waals surface area contributed by atoms with Gasteiger partial charge >= 0.3 is 5.97 Å². The monoisotopic (exact) mass is 326 g/mol. The number of aromatic nitrogens is 2. The van der Waals surface area contributed by atoms with Gasteiger partial charge in [-0.1, -0.05) is 6.07 Å². The second kappa shape index (κ2) is 6.66. The number of aryl methyl sites for hydroxylation is 1. The van der Waals surface area contributed by atoms with Crippen molar-refractivity contribution in [2.75, 3.05) is 12.4 Å². The van der Waals surface area contributed by atoms with Crippen molar-refractivity contribution < 1.29 is 14.3 Å². The molecule has 0 bridgehead atoms. The Morgan fingerprint density at radius 3 is 2.71 bits per heavy atom. The predicted octanol–water partition coefficient (Wildman–Crippen LogP) is 2.21. The van der Waals surface area contributed by atoms with Crippen LogP contribution in [0.2, 0.25) is 0 Å². The third kappa shape index (κ3) is 3.87. The molecule has 1 heterocycles. The Hall–Kier alpha value is -2.96. The number of hydrogen-bond donors (Lipinski definition) is 2. The number of esters is 1. The van der Waals surface area contributed by atoms with Gasteiger partial charge in [0.05, 0.1) is 12.7 Å². The van der Waals surface area contributed by atoms with E-state index in [9.17, 15) is 9.59 Å². The first kappa shape index (κ1) is 15.9. The fourth-order valence-electron chi connectivity index (χ4n) is 2.20. The van der Waals surface area contributed by atoms with Crippen molar-refractivity contribution in [3.05, 3.63) is 47.3 Å². The minimum atomic E-state index is -0.423. The van der Waals surface area contributed by atoms with Gasteiger partial charge < -0.3 is 15.4 Å². The maximum atomic E-state index is 12.1. The smallest absolute Gasteiger partial charge is 0.337 e. The highest BCUT2D eigenvalue weighted by molar-refractivity contribution is 5.93. The minimum Gasteiger partial charge on any atom is -0.465 e. The molecule has 0 radical (unpaired) electrons. The largest absolute Gasteiger partial charge is 0.465 e. The Kier molecular flexibility index (Phi) is 4.41. The first-order valence-corrected chi connectivity index (χ1v) is 7.67. The van der Waals surface area contributed by atoms with Crippen LogP contribution in [-0.4, -0.2) is 35.0 Å². The Labute approximate surface area is 139 Å². The number of nitrogens with zero attached hydrogens (tertiary/aromatic N) is 2. The summed E-state index contributed by atoms with van der Waals surface area (Å²) in [4.78, 5) is 32.3. The minimum absolute atomic E-state index is 0.200. The lowest BCUT2D eigenvalue weighted by molar-refractivity contribution is 0.0600. The lowest BCUT2D eigenvalue weighted by Crippen LogP contribution is -2.26. The van der Waals surface area contributed by atoms with Crippen molar-refractivity contribution in [2.45, 2.75) is 25.8 Å². The zero-order valence-corrected chi connectivity index (χ0v) is 13.5. The fourth-order valence-corrected chi connectivity index (χ4v) is 2.20. The van der Waals surface area contributed by atoms with E-state index >= 15 is 0 Å². The number of anilines is 2. The SMILES string of the molecule is COC(=O)c1cccc(Nc2nc(C)cc(C(=O)NC3CC3)n2)c1. The lowest BCUT2D eigenvalue weighted by Gasteiger charge is -2.09. The molecule has 1 aromatic carbocycles. The van der Waals surface area contributed by atoms with Crippen LogP contribution in [0.15, 0.2) is 30.3 Å². The van der Waals surface area contributed by atoms with Crippen LogP contribution in [0, 0.1) is 6.92 Å². The van der Waals surface area contributed by atoms with E-state index in [2.05, 4.69) is 20.6 Å². The summed E-state index contributed by atoms with van der Waals surface area (Å²) in [6, 6.07) is 8.71. The summed E-state index contributed by atoms with van der Waals surface area (Å²) in [5, 5.41) is 5.92. The molecule has 3 rings (SSSR count). The first-order chi connectivity index (χ1) is 11.5. The van der Waals surface area contributed by atoms with Crippen LogP contribution < -0.4 is 10.6 Å². The van der Waals surface area contributed by atoms with Crippen molar-refractivity contribution in [1.82, 2.24) is 15.3 Å². The number of carbonyl (C=O) groups excluding carboxylic acids is 2. The van der Waals surface area contributed by atoms with Crippen molar-refractivity contribution in [1.29, 1.82) is 0 Å². The quantitative estimate of drug-likeness (QED) is 0.818. The molecule has 1 fully saturated rings. The second-order valence-electron chi connectivity index (χ2n) is 5.66. The molecule has 7 nitrogen and oxygen atoms in total. The molecule has 124 valence electrons. The Balaban J connectivity index is 1.80. The third-order valence-electron chi connectivity index (χ3n) is 3.54. The van der Waals surface area contributed by atoms with E-state index in [1.807, 2.05) is 0 Å². The molecule has 1 saturated carbocycles. The number of hydrogen-bond acceptors (Lipinski definition) is 6. The molecule has 0 unspecified atom stereocenters. The van der Waals surface area contributed by atoms with Crippen molar-refractivity contribution >= 4 is 23.5 Å². The Morgan fingerprint density at radius 1 is 1.21 bits per heavy atom. The summed E-state index contributed by atoms with van der Waals surface area (Å²) in [5.41, 5.74) is 2.05. The number of carbonyl (C=O) groups is 2. The van der Waals surface area contributed by atoms with Crippen LogP contribution in [0.3, 0.4) is 0 Å². The molecular weight excluding hydrogens is 308 g/mol. The number of benzene rings is 1. The van der Waals surface area contributed by atoms with Crippen LogP contribution in [-0.2, 0) is 4.74 Å². The van der Waals surface area contributed by atoms with Gasteiger partial charge in [-0.25, -0.2) is 14.8 Å². The van der Waals surface area contributed by atoms with Crippen LogP contribution in [0.25, 0.3) is 0 Å². The van der Waals surface area contributed by atoms with Crippen LogP contribution in [0.1, 0.15) is 39.4 Å². The van der Waals surface area contributed by atoms with Gasteiger partial charge in [-0.2, -0.15) is 0 Å². The van der Waals surface area contributed by atoms with E-state index in [0.717, 1.165) is 12.8 Å². The average molecular weight is 326 g/mol.